The predicted molar refractivity (Wildman–Crippen MR) is 84.9 cm³/mol. The van der Waals surface area contributed by atoms with Crippen LogP contribution in [-0.4, -0.2) is 29.3 Å². The second kappa shape index (κ2) is 11.0. The first-order valence-electron chi connectivity index (χ1n) is 8.79. The summed E-state index contributed by atoms with van der Waals surface area (Å²) in [6.45, 7) is 2.25. The zero-order chi connectivity index (χ0) is 15.5. The van der Waals surface area contributed by atoms with Gasteiger partial charge >= 0.3 is 0 Å². The van der Waals surface area contributed by atoms with Crippen LogP contribution in [0.3, 0.4) is 0 Å². The summed E-state index contributed by atoms with van der Waals surface area (Å²) < 4.78 is 5.07. The minimum atomic E-state index is -0.548. The number of amides is 1. The van der Waals surface area contributed by atoms with Crippen LogP contribution in [0.2, 0.25) is 0 Å². The van der Waals surface area contributed by atoms with E-state index in [-0.39, 0.29) is 6.10 Å². The first kappa shape index (κ1) is 18.4. The highest BCUT2D eigenvalue weighted by Crippen LogP contribution is 2.27. The quantitative estimate of drug-likeness (QED) is 0.382. The van der Waals surface area contributed by atoms with Gasteiger partial charge in [0.05, 0.1) is 6.10 Å². The minimum absolute atomic E-state index is 0.342. The second-order valence-electron chi connectivity index (χ2n) is 6.32. The number of ether oxygens (including phenoxy) is 1. The molecule has 1 amide bonds. The van der Waals surface area contributed by atoms with Crippen LogP contribution in [0, 0.1) is 0 Å². The zero-order valence-corrected chi connectivity index (χ0v) is 13.6. The molecule has 0 aromatic heterocycles. The molecule has 0 spiro atoms. The van der Waals surface area contributed by atoms with Crippen molar-refractivity contribution in [1.29, 1.82) is 0 Å². The molecule has 0 saturated carbocycles. The van der Waals surface area contributed by atoms with Gasteiger partial charge in [-0.25, -0.2) is 0 Å². The number of aliphatic hydroxyl groups excluding tert-OH is 1. The van der Waals surface area contributed by atoms with E-state index in [1.165, 1.54) is 57.8 Å². The average molecular weight is 299 g/mol. The summed E-state index contributed by atoms with van der Waals surface area (Å²) in [7, 11) is 0. The van der Waals surface area contributed by atoms with E-state index >= 15 is 0 Å². The number of epoxide rings is 1. The highest BCUT2D eigenvalue weighted by Gasteiger charge is 2.48. The fourth-order valence-electron chi connectivity index (χ4n) is 2.83. The summed E-state index contributed by atoms with van der Waals surface area (Å²) in [6, 6.07) is 0. The lowest BCUT2D eigenvalue weighted by Gasteiger charge is -2.07. The van der Waals surface area contributed by atoms with E-state index in [1.807, 2.05) is 0 Å². The van der Waals surface area contributed by atoms with Gasteiger partial charge in [0.2, 0.25) is 5.91 Å². The summed E-state index contributed by atoms with van der Waals surface area (Å²) in [5.74, 6) is -0.460. The third-order valence-corrected chi connectivity index (χ3v) is 4.29. The average Bonchev–Trinajstić information content (AvgIpc) is 3.25. The first-order valence-corrected chi connectivity index (χ1v) is 8.79. The Morgan fingerprint density at radius 1 is 1.00 bits per heavy atom. The van der Waals surface area contributed by atoms with Crippen LogP contribution < -0.4 is 5.73 Å². The molecular formula is C17H33NO3. The van der Waals surface area contributed by atoms with Gasteiger partial charge in [0.15, 0.2) is 6.10 Å². The molecule has 0 aromatic carbocycles. The van der Waals surface area contributed by atoms with Gasteiger partial charge in [-0.1, -0.05) is 77.6 Å². The molecule has 1 aliphatic rings. The molecule has 4 nitrogen and oxygen atoms in total. The van der Waals surface area contributed by atoms with Crippen molar-refractivity contribution < 1.29 is 14.6 Å². The van der Waals surface area contributed by atoms with Crippen LogP contribution in [0.15, 0.2) is 0 Å². The third-order valence-electron chi connectivity index (χ3n) is 4.29. The van der Waals surface area contributed by atoms with Crippen molar-refractivity contribution in [3.63, 3.8) is 0 Å². The van der Waals surface area contributed by atoms with Gasteiger partial charge in [-0.3, -0.25) is 4.79 Å². The number of nitrogens with two attached hydrogens (primary N) is 1. The number of aliphatic hydroxyl groups is 1. The standard InChI is InChI=1S/C17H33NO3/c1-2-3-4-5-6-7-8-9-10-11-12-13-14(19)15-16(21-15)17(18)20/h14-16,19H,2-13H2,1H3,(H2,18,20)/t14-,15-,16-/m1/s1. The number of unbranched alkanes of at least 4 members (excludes halogenated alkanes) is 10. The van der Waals surface area contributed by atoms with Gasteiger partial charge in [-0.05, 0) is 6.42 Å². The number of hydrogen-bond donors (Lipinski definition) is 2. The lowest BCUT2D eigenvalue weighted by atomic mass is 10.0. The van der Waals surface area contributed by atoms with Gasteiger partial charge in [0.1, 0.15) is 6.10 Å². The zero-order valence-electron chi connectivity index (χ0n) is 13.6. The summed E-state index contributed by atoms with van der Waals surface area (Å²) in [4.78, 5) is 10.8. The Hall–Kier alpha value is -0.610. The molecule has 21 heavy (non-hydrogen) atoms. The van der Waals surface area contributed by atoms with E-state index in [9.17, 15) is 9.90 Å². The van der Waals surface area contributed by atoms with Crippen molar-refractivity contribution in [2.75, 3.05) is 0 Å². The topological polar surface area (TPSA) is 75.8 Å². The SMILES string of the molecule is CCCCCCCCCCCCC[C@@H](O)[C@H]1O[C@H]1C(N)=O. The van der Waals surface area contributed by atoms with E-state index in [1.54, 1.807) is 0 Å². The van der Waals surface area contributed by atoms with Crippen molar-refractivity contribution in [3.8, 4) is 0 Å². The van der Waals surface area contributed by atoms with Crippen molar-refractivity contribution in [2.24, 2.45) is 5.73 Å². The van der Waals surface area contributed by atoms with Crippen LogP contribution >= 0.6 is 0 Å². The monoisotopic (exact) mass is 299 g/mol. The molecule has 0 unspecified atom stereocenters. The molecule has 1 heterocycles. The van der Waals surface area contributed by atoms with Crippen molar-refractivity contribution in [2.45, 2.75) is 102 Å². The third kappa shape index (κ3) is 8.42. The number of primary amides is 1. The highest BCUT2D eigenvalue weighted by atomic mass is 16.6. The summed E-state index contributed by atoms with van der Waals surface area (Å²) in [5, 5.41) is 9.82. The molecule has 4 heteroatoms. The lowest BCUT2D eigenvalue weighted by molar-refractivity contribution is -0.119. The Balaban J connectivity index is 1.80. The molecule has 3 N–H and O–H groups in total. The molecule has 1 saturated heterocycles. The van der Waals surface area contributed by atoms with Crippen LogP contribution in [-0.2, 0) is 9.53 Å². The Labute approximate surface area is 129 Å². The normalized spacial score (nSPS) is 22.2. The Morgan fingerprint density at radius 3 is 1.90 bits per heavy atom. The fraction of sp³-hybridized carbons (Fsp3) is 0.941. The molecule has 0 radical (unpaired) electrons. The van der Waals surface area contributed by atoms with E-state index in [0.29, 0.717) is 6.42 Å². The summed E-state index contributed by atoms with van der Waals surface area (Å²) in [5.41, 5.74) is 5.11. The number of carbonyl (C=O) groups is 1. The number of rotatable bonds is 14. The van der Waals surface area contributed by atoms with Crippen LogP contribution in [0.5, 0.6) is 0 Å². The van der Waals surface area contributed by atoms with Gasteiger partial charge in [-0.15, -0.1) is 0 Å². The molecular weight excluding hydrogens is 266 g/mol. The molecule has 0 aromatic rings. The van der Waals surface area contributed by atoms with Crippen LogP contribution in [0.1, 0.15) is 84.0 Å². The largest absolute Gasteiger partial charge is 0.390 e. The minimum Gasteiger partial charge on any atom is -0.390 e. The van der Waals surface area contributed by atoms with Crippen molar-refractivity contribution >= 4 is 5.91 Å². The summed E-state index contributed by atoms with van der Waals surface area (Å²) in [6.07, 6.45) is 13.6. The predicted octanol–water partition coefficient (Wildman–Crippen LogP) is 3.30. The fourth-order valence-corrected chi connectivity index (χ4v) is 2.83. The molecule has 1 aliphatic heterocycles. The maximum Gasteiger partial charge on any atom is 0.249 e. The van der Waals surface area contributed by atoms with Gasteiger partial charge in [0.25, 0.3) is 0 Å². The number of carbonyl (C=O) groups excluding carboxylic acids is 1. The molecule has 0 bridgehead atoms. The molecule has 124 valence electrons. The molecule has 1 fully saturated rings. The van der Waals surface area contributed by atoms with Gasteiger partial charge in [-0.2, -0.15) is 0 Å². The molecule has 0 aliphatic carbocycles. The second-order valence-corrected chi connectivity index (χ2v) is 6.32. The van der Waals surface area contributed by atoms with Crippen molar-refractivity contribution in [1.82, 2.24) is 0 Å². The van der Waals surface area contributed by atoms with Crippen LogP contribution in [0.4, 0.5) is 0 Å². The Bertz CT molecular complexity index is 283. The highest BCUT2D eigenvalue weighted by molar-refractivity contribution is 5.81. The van der Waals surface area contributed by atoms with E-state index < -0.39 is 18.1 Å². The molecule has 3 atom stereocenters. The first-order chi connectivity index (χ1) is 10.2. The van der Waals surface area contributed by atoms with Crippen LogP contribution in [0.25, 0.3) is 0 Å². The Kier molecular flexibility index (Phi) is 9.68. The Morgan fingerprint density at radius 2 is 1.48 bits per heavy atom. The lowest BCUT2D eigenvalue weighted by Crippen LogP contribution is -2.25. The molecule has 1 rings (SSSR count). The maximum atomic E-state index is 10.8. The smallest absolute Gasteiger partial charge is 0.249 e. The van der Waals surface area contributed by atoms with E-state index in [0.717, 1.165) is 12.8 Å². The maximum absolute atomic E-state index is 10.8. The van der Waals surface area contributed by atoms with E-state index in [2.05, 4.69) is 6.92 Å². The van der Waals surface area contributed by atoms with Crippen molar-refractivity contribution in [3.05, 3.63) is 0 Å². The summed E-state index contributed by atoms with van der Waals surface area (Å²) >= 11 is 0. The van der Waals surface area contributed by atoms with E-state index in [4.69, 9.17) is 10.5 Å². The van der Waals surface area contributed by atoms with Gasteiger partial charge in [0, 0.05) is 0 Å². The van der Waals surface area contributed by atoms with Gasteiger partial charge < -0.3 is 15.6 Å². The number of hydrogen-bond acceptors (Lipinski definition) is 3.